The number of nitrogens with zero attached hydrogens (tertiary/aromatic N) is 5. The third kappa shape index (κ3) is 4.21. The predicted molar refractivity (Wildman–Crippen MR) is 158 cm³/mol. The van der Waals surface area contributed by atoms with Gasteiger partial charge >= 0.3 is 6.01 Å². The fourth-order valence-electron chi connectivity index (χ4n) is 8.11. The summed E-state index contributed by atoms with van der Waals surface area (Å²) in [6, 6.07) is 8.76. The number of phenols is 1. The number of anilines is 1. The molecule has 0 radical (unpaired) electrons. The van der Waals surface area contributed by atoms with Crippen molar-refractivity contribution in [3.63, 3.8) is 0 Å². The van der Waals surface area contributed by atoms with E-state index in [1.165, 1.54) is 38.2 Å². The Morgan fingerprint density at radius 2 is 1.85 bits per heavy atom. The zero-order valence-corrected chi connectivity index (χ0v) is 23.7. The fraction of sp³-hybridized carbons (Fsp3) is 0.469. The number of pyridine rings is 1. The molecule has 3 aliphatic heterocycles. The Balaban J connectivity index is 1.26. The average Bonchev–Trinajstić information content (AvgIpc) is 3.65. The van der Waals surface area contributed by atoms with E-state index < -0.39 is 5.82 Å². The van der Waals surface area contributed by atoms with E-state index in [9.17, 15) is 5.11 Å². The molecule has 1 aliphatic carbocycles. The van der Waals surface area contributed by atoms with E-state index >= 15 is 4.39 Å². The van der Waals surface area contributed by atoms with Crippen LogP contribution in [0.5, 0.6) is 11.8 Å². The minimum atomic E-state index is -0.565. The molecule has 4 aromatic rings. The van der Waals surface area contributed by atoms with Gasteiger partial charge in [-0.15, -0.1) is 0 Å². The van der Waals surface area contributed by atoms with Crippen molar-refractivity contribution in [2.45, 2.75) is 50.5 Å². The maximum Gasteiger partial charge on any atom is 0.319 e. The van der Waals surface area contributed by atoms with E-state index in [1.807, 2.05) is 12.1 Å². The summed E-state index contributed by atoms with van der Waals surface area (Å²) >= 11 is 6.58. The van der Waals surface area contributed by atoms with Crippen LogP contribution in [0.4, 0.5) is 10.2 Å². The van der Waals surface area contributed by atoms with Gasteiger partial charge in [-0.1, -0.05) is 23.7 Å². The molecule has 2 aromatic carbocycles. The maximum atomic E-state index is 16.6. The molecule has 9 heteroatoms. The SMILES string of the molecule is Oc1cc(-c2ncc3c(N4CC5CCC(C5)C4)nc(OCC45CCCN4CCC5)nc3c2F)c2c(Cl)cccc2c1. The molecule has 212 valence electrons. The topological polar surface area (TPSA) is 74.6 Å². The predicted octanol–water partition coefficient (Wildman–Crippen LogP) is 6.59. The Hall–Kier alpha value is -3.23. The summed E-state index contributed by atoms with van der Waals surface area (Å²) in [6.07, 6.45) is 9.95. The largest absolute Gasteiger partial charge is 0.508 e. The molecule has 2 atom stereocenters. The lowest BCUT2D eigenvalue weighted by Crippen LogP contribution is -2.43. The van der Waals surface area contributed by atoms with Crippen LogP contribution in [0.3, 0.4) is 0 Å². The first-order valence-corrected chi connectivity index (χ1v) is 15.3. The quantitative estimate of drug-likeness (QED) is 0.289. The summed E-state index contributed by atoms with van der Waals surface area (Å²) < 4.78 is 23.0. The Bertz CT molecular complexity index is 1660. The number of rotatable bonds is 5. The minimum Gasteiger partial charge on any atom is -0.508 e. The van der Waals surface area contributed by atoms with Crippen LogP contribution in [0.15, 0.2) is 36.5 Å². The first kappa shape index (κ1) is 25.5. The minimum absolute atomic E-state index is 0.0178. The molecule has 7 nitrogen and oxygen atoms in total. The Morgan fingerprint density at radius 1 is 1.07 bits per heavy atom. The van der Waals surface area contributed by atoms with E-state index in [4.69, 9.17) is 21.3 Å². The van der Waals surface area contributed by atoms with Gasteiger partial charge < -0.3 is 14.7 Å². The van der Waals surface area contributed by atoms with Gasteiger partial charge in [0.2, 0.25) is 0 Å². The van der Waals surface area contributed by atoms with Gasteiger partial charge in [-0.05, 0) is 93.5 Å². The second kappa shape index (κ2) is 9.66. The van der Waals surface area contributed by atoms with Gasteiger partial charge in [-0.25, -0.2) is 4.39 Å². The number of aromatic nitrogens is 3. The summed E-state index contributed by atoms with van der Waals surface area (Å²) in [4.78, 5) is 19.0. The van der Waals surface area contributed by atoms with Gasteiger partial charge in [-0.3, -0.25) is 9.88 Å². The lowest BCUT2D eigenvalue weighted by atomic mass is 9.95. The standard InChI is InChI=1S/C32H33ClFN5O2/c33-25-5-1-4-21-13-22(40)14-23(26(21)25)28-27(34)29-24(15-35-28)30(38-16-19-6-7-20(12-19)17-38)37-31(36-29)41-18-32-8-2-10-39(32)11-3-9-32/h1,4-5,13-15,19-20,40H,2-3,6-12,16-18H2. The molecular formula is C32H33ClFN5O2. The number of ether oxygens (including phenoxy) is 1. The lowest BCUT2D eigenvalue weighted by Gasteiger charge is -2.34. The highest BCUT2D eigenvalue weighted by Gasteiger charge is 2.45. The van der Waals surface area contributed by atoms with E-state index in [-0.39, 0.29) is 28.5 Å². The monoisotopic (exact) mass is 573 g/mol. The van der Waals surface area contributed by atoms with Crippen molar-refractivity contribution >= 4 is 39.1 Å². The summed E-state index contributed by atoms with van der Waals surface area (Å²) in [7, 11) is 0. The molecule has 4 aliphatic rings. The molecular weight excluding hydrogens is 541 g/mol. The summed E-state index contributed by atoms with van der Waals surface area (Å²) in [5, 5.41) is 12.9. The van der Waals surface area contributed by atoms with Crippen molar-refractivity contribution in [2.24, 2.45) is 11.8 Å². The number of hydrogen-bond acceptors (Lipinski definition) is 7. The number of piperidine rings is 1. The third-order valence-corrected chi connectivity index (χ3v) is 10.3. The molecule has 8 rings (SSSR count). The highest BCUT2D eigenvalue weighted by molar-refractivity contribution is 6.36. The van der Waals surface area contributed by atoms with Crippen molar-refractivity contribution in [1.82, 2.24) is 19.9 Å². The van der Waals surface area contributed by atoms with Crippen LogP contribution in [-0.2, 0) is 0 Å². The van der Waals surface area contributed by atoms with Crippen molar-refractivity contribution in [1.29, 1.82) is 0 Å². The third-order valence-electron chi connectivity index (χ3n) is 10.00. The average molecular weight is 574 g/mol. The van der Waals surface area contributed by atoms with Gasteiger partial charge in [0.15, 0.2) is 5.82 Å². The molecule has 1 N–H and O–H groups in total. The first-order chi connectivity index (χ1) is 20.0. The molecule has 0 spiro atoms. The van der Waals surface area contributed by atoms with E-state index in [1.54, 1.807) is 18.3 Å². The fourth-order valence-corrected chi connectivity index (χ4v) is 8.39. The molecule has 2 aromatic heterocycles. The number of halogens is 2. The van der Waals surface area contributed by atoms with Crippen molar-refractivity contribution in [2.75, 3.05) is 37.7 Å². The smallest absolute Gasteiger partial charge is 0.319 e. The molecule has 4 fully saturated rings. The van der Waals surface area contributed by atoms with Crippen LogP contribution in [0.1, 0.15) is 44.9 Å². The molecule has 5 heterocycles. The van der Waals surface area contributed by atoms with Crippen LogP contribution < -0.4 is 9.64 Å². The van der Waals surface area contributed by atoms with E-state index in [2.05, 4.69) is 19.8 Å². The molecule has 2 unspecified atom stereocenters. The van der Waals surface area contributed by atoms with Crippen LogP contribution in [0.25, 0.3) is 32.9 Å². The summed E-state index contributed by atoms with van der Waals surface area (Å²) in [6.45, 7) is 4.52. The number of aromatic hydroxyl groups is 1. The van der Waals surface area contributed by atoms with Gasteiger partial charge in [-0.2, -0.15) is 9.97 Å². The molecule has 41 heavy (non-hydrogen) atoms. The Labute approximate surface area is 243 Å². The Kier molecular flexibility index (Phi) is 6.01. The number of benzene rings is 2. The van der Waals surface area contributed by atoms with Gasteiger partial charge in [0.1, 0.15) is 29.4 Å². The van der Waals surface area contributed by atoms with E-state index in [0.717, 1.165) is 39.0 Å². The number of phenolic OH excluding ortho intramolecular Hbond substituents is 1. The molecule has 0 amide bonds. The number of fused-ring (bicyclic) bond motifs is 5. The second-order valence-electron chi connectivity index (χ2n) is 12.5. The molecule has 2 bridgehead atoms. The number of hydrogen-bond donors (Lipinski definition) is 1. The normalized spacial score (nSPS) is 23.5. The van der Waals surface area contributed by atoms with Crippen molar-refractivity contribution in [3.8, 4) is 23.0 Å². The zero-order valence-electron chi connectivity index (χ0n) is 23.0. The highest BCUT2D eigenvalue weighted by atomic mass is 35.5. The molecule has 1 saturated carbocycles. The van der Waals surface area contributed by atoms with Gasteiger partial charge in [0, 0.05) is 35.3 Å². The maximum absolute atomic E-state index is 16.6. The zero-order chi connectivity index (χ0) is 27.7. The van der Waals surface area contributed by atoms with Crippen LogP contribution in [0.2, 0.25) is 5.02 Å². The van der Waals surface area contributed by atoms with Crippen LogP contribution >= 0.6 is 11.6 Å². The van der Waals surface area contributed by atoms with Crippen molar-refractivity contribution in [3.05, 3.63) is 47.4 Å². The summed E-state index contributed by atoms with van der Waals surface area (Å²) in [5.41, 5.74) is 0.734. The van der Waals surface area contributed by atoms with Crippen LogP contribution in [0, 0.1) is 17.7 Å². The summed E-state index contributed by atoms with van der Waals surface area (Å²) in [5.74, 6) is 1.41. The van der Waals surface area contributed by atoms with Crippen LogP contribution in [-0.4, -0.2) is 63.3 Å². The highest BCUT2D eigenvalue weighted by Crippen LogP contribution is 2.43. The lowest BCUT2D eigenvalue weighted by molar-refractivity contribution is 0.108. The van der Waals surface area contributed by atoms with Gasteiger partial charge in [0.25, 0.3) is 0 Å². The van der Waals surface area contributed by atoms with Gasteiger partial charge in [0.05, 0.1) is 10.9 Å². The second-order valence-corrected chi connectivity index (χ2v) is 12.9. The molecule has 3 saturated heterocycles. The first-order valence-electron chi connectivity index (χ1n) is 14.9. The van der Waals surface area contributed by atoms with Crippen molar-refractivity contribution < 1.29 is 14.2 Å². The van der Waals surface area contributed by atoms with E-state index in [0.29, 0.717) is 51.0 Å². The Morgan fingerprint density at radius 3 is 2.63 bits per heavy atom.